The molecular weight excluding hydrogens is 400 g/mol. The zero-order valence-electron chi connectivity index (χ0n) is 18.5. The third-order valence-corrected chi connectivity index (χ3v) is 6.48. The Balaban J connectivity index is 1.15. The summed E-state index contributed by atoms with van der Waals surface area (Å²) in [6, 6.07) is 39.3. The van der Waals surface area contributed by atoms with E-state index in [0.717, 1.165) is 19.5 Å². The van der Waals surface area contributed by atoms with Crippen LogP contribution in [0.15, 0.2) is 109 Å². The van der Waals surface area contributed by atoms with Gasteiger partial charge in [0.1, 0.15) is 0 Å². The zero-order valence-corrected chi connectivity index (χ0v) is 18.5. The molecule has 0 bridgehead atoms. The van der Waals surface area contributed by atoms with Gasteiger partial charge in [0, 0.05) is 35.2 Å². The van der Waals surface area contributed by atoms with Crippen LogP contribution in [-0.4, -0.2) is 13.1 Å². The van der Waals surface area contributed by atoms with Gasteiger partial charge in [-0.25, -0.2) is 0 Å². The molecule has 2 nitrogen and oxygen atoms in total. The second-order valence-electron chi connectivity index (χ2n) is 8.66. The van der Waals surface area contributed by atoms with Crippen molar-refractivity contribution < 1.29 is 0 Å². The van der Waals surface area contributed by atoms with Gasteiger partial charge in [0.2, 0.25) is 0 Å². The van der Waals surface area contributed by atoms with Crippen molar-refractivity contribution in [1.29, 1.82) is 0 Å². The summed E-state index contributed by atoms with van der Waals surface area (Å²) in [6.07, 6.45) is 1.04. The molecule has 2 N–H and O–H groups in total. The maximum Gasteiger partial charge on any atom is 0.0420 e. The van der Waals surface area contributed by atoms with Gasteiger partial charge < -0.3 is 10.6 Å². The molecule has 0 heterocycles. The monoisotopic (exact) mass is 426 g/mol. The van der Waals surface area contributed by atoms with Crippen LogP contribution in [0.25, 0.3) is 43.1 Å². The van der Waals surface area contributed by atoms with E-state index in [1.807, 2.05) is 0 Å². The number of nitrogens with one attached hydrogen (secondary N) is 2. The fourth-order valence-electron chi connectivity index (χ4n) is 4.78. The number of fused-ring (bicyclic) bond motifs is 4. The SMILES string of the molecule is c1ccc2cc3c(NCCCNc4cccc5cc6ccccc6cc45)cccc3cc2c1. The second kappa shape index (κ2) is 8.48. The van der Waals surface area contributed by atoms with Crippen molar-refractivity contribution in [3.8, 4) is 0 Å². The minimum Gasteiger partial charge on any atom is -0.384 e. The Kier molecular flexibility index (Phi) is 5.04. The van der Waals surface area contributed by atoms with Crippen LogP contribution in [-0.2, 0) is 0 Å². The van der Waals surface area contributed by atoms with E-state index in [9.17, 15) is 0 Å². The topological polar surface area (TPSA) is 24.1 Å². The van der Waals surface area contributed by atoms with E-state index < -0.39 is 0 Å². The summed E-state index contributed by atoms with van der Waals surface area (Å²) in [7, 11) is 0. The summed E-state index contributed by atoms with van der Waals surface area (Å²) in [5.41, 5.74) is 2.41. The van der Waals surface area contributed by atoms with Crippen molar-refractivity contribution in [2.45, 2.75) is 6.42 Å². The first kappa shape index (κ1) is 19.6. The van der Waals surface area contributed by atoms with Crippen LogP contribution in [0.1, 0.15) is 6.42 Å². The van der Waals surface area contributed by atoms with Gasteiger partial charge in [0.15, 0.2) is 0 Å². The number of hydrogen-bond donors (Lipinski definition) is 2. The number of hydrogen-bond acceptors (Lipinski definition) is 2. The average Bonchev–Trinajstić information content (AvgIpc) is 2.86. The Labute approximate surface area is 193 Å². The lowest BCUT2D eigenvalue weighted by molar-refractivity contribution is 0.912. The van der Waals surface area contributed by atoms with Gasteiger partial charge in [-0.15, -0.1) is 0 Å². The lowest BCUT2D eigenvalue weighted by atomic mass is 10.0. The van der Waals surface area contributed by atoms with Gasteiger partial charge in [-0.05, 0) is 75.1 Å². The molecule has 6 aromatic carbocycles. The first-order valence-corrected chi connectivity index (χ1v) is 11.7. The number of benzene rings is 6. The van der Waals surface area contributed by atoms with Crippen LogP contribution in [0.2, 0.25) is 0 Å². The maximum atomic E-state index is 3.66. The highest BCUT2D eigenvalue weighted by Gasteiger charge is 2.05. The largest absolute Gasteiger partial charge is 0.384 e. The molecule has 0 saturated heterocycles. The quantitative estimate of drug-likeness (QED) is 0.207. The normalized spacial score (nSPS) is 11.4. The van der Waals surface area contributed by atoms with Crippen LogP contribution in [0.4, 0.5) is 11.4 Å². The minimum absolute atomic E-state index is 0.923. The molecule has 0 aromatic heterocycles. The number of rotatable bonds is 6. The second-order valence-corrected chi connectivity index (χ2v) is 8.66. The summed E-state index contributed by atoms with van der Waals surface area (Å²) in [5, 5.41) is 17.6. The molecule has 0 fully saturated rings. The van der Waals surface area contributed by atoms with E-state index in [1.54, 1.807) is 0 Å². The predicted octanol–water partition coefficient (Wildman–Crippen LogP) is 8.21. The van der Waals surface area contributed by atoms with Crippen molar-refractivity contribution >= 4 is 54.5 Å². The van der Waals surface area contributed by atoms with Crippen LogP contribution in [0.5, 0.6) is 0 Å². The van der Waals surface area contributed by atoms with E-state index in [4.69, 9.17) is 0 Å². The van der Waals surface area contributed by atoms with Crippen LogP contribution < -0.4 is 10.6 Å². The van der Waals surface area contributed by atoms with Crippen molar-refractivity contribution in [2.75, 3.05) is 23.7 Å². The third-order valence-electron chi connectivity index (χ3n) is 6.48. The van der Waals surface area contributed by atoms with Gasteiger partial charge in [-0.2, -0.15) is 0 Å². The van der Waals surface area contributed by atoms with E-state index in [1.165, 1.54) is 54.5 Å². The molecule has 160 valence electrons. The Morgan fingerprint density at radius 3 is 1.24 bits per heavy atom. The molecule has 0 amide bonds. The van der Waals surface area contributed by atoms with Crippen LogP contribution in [0.3, 0.4) is 0 Å². The van der Waals surface area contributed by atoms with E-state index in [0.29, 0.717) is 0 Å². The summed E-state index contributed by atoms with van der Waals surface area (Å²) in [5.74, 6) is 0. The van der Waals surface area contributed by atoms with Crippen molar-refractivity contribution in [3.05, 3.63) is 109 Å². The summed E-state index contributed by atoms with van der Waals surface area (Å²) >= 11 is 0. The van der Waals surface area contributed by atoms with E-state index in [2.05, 4.69) is 120 Å². The fourth-order valence-corrected chi connectivity index (χ4v) is 4.78. The van der Waals surface area contributed by atoms with Crippen molar-refractivity contribution in [3.63, 3.8) is 0 Å². The van der Waals surface area contributed by atoms with Crippen LogP contribution in [0, 0.1) is 0 Å². The summed E-state index contributed by atoms with van der Waals surface area (Å²) in [6.45, 7) is 1.85. The molecule has 0 unspecified atom stereocenters. The fraction of sp³-hybridized carbons (Fsp3) is 0.0968. The molecule has 0 saturated carbocycles. The van der Waals surface area contributed by atoms with E-state index in [-0.39, 0.29) is 0 Å². The standard InChI is InChI=1S/C31H26N2/c1-3-10-24-20-28-26(18-22(24)8-1)12-5-14-30(28)32-16-7-17-33-31-15-6-13-27-19-23-9-2-4-11-25(23)21-29(27)31/h1-6,8-15,18-21,32-33H,7,16-17H2. The maximum absolute atomic E-state index is 3.66. The minimum atomic E-state index is 0.923. The molecule has 0 aliphatic carbocycles. The zero-order chi connectivity index (χ0) is 22.0. The van der Waals surface area contributed by atoms with Crippen molar-refractivity contribution in [1.82, 2.24) is 0 Å². The van der Waals surface area contributed by atoms with Gasteiger partial charge in [0.05, 0.1) is 0 Å². The molecule has 2 heteroatoms. The van der Waals surface area contributed by atoms with Gasteiger partial charge in [-0.1, -0.05) is 72.8 Å². The Morgan fingerprint density at radius 1 is 0.394 bits per heavy atom. The predicted molar refractivity (Wildman–Crippen MR) is 145 cm³/mol. The van der Waals surface area contributed by atoms with Gasteiger partial charge >= 0.3 is 0 Å². The Hall–Kier alpha value is -4.04. The van der Waals surface area contributed by atoms with Gasteiger partial charge in [-0.3, -0.25) is 0 Å². The third kappa shape index (κ3) is 3.85. The molecule has 6 rings (SSSR count). The first-order chi connectivity index (χ1) is 16.3. The molecule has 0 atom stereocenters. The Morgan fingerprint density at radius 2 is 0.788 bits per heavy atom. The van der Waals surface area contributed by atoms with Crippen molar-refractivity contribution in [2.24, 2.45) is 0 Å². The highest BCUT2D eigenvalue weighted by molar-refractivity contribution is 6.04. The molecule has 0 aliphatic rings. The summed E-state index contributed by atoms with van der Waals surface area (Å²) in [4.78, 5) is 0. The highest BCUT2D eigenvalue weighted by Crippen LogP contribution is 2.30. The Bertz CT molecular complexity index is 1480. The number of anilines is 2. The molecule has 6 aromatic rings. The average molecular weight is 427 g/mol. The molecule has 0 spiro atoms. The lowest BCUT2D eigenvalue weighted by Gasteiger charge is -2.13. The highest BCUT2D eigenvalue weighted by atomic mass is 14.9. The summed E-state index contributed by atoms with van der Waals surface area (Å²) < 4.78 is 0. The molecule has 0 aliphatic heterocycles. The molecular formula is C31H26N2. The molecule has 33 heavy (non-hydrogen) atoms. The van der Waals surface area contributed by atoms with Gasteiger partial charge in [0.25, 0.3) is 0 Å². The first-order valence-electron chi connectivity index (χ1n) is 11.7. The van der Waals surface area contributed by atoms with E-state index >= 15 is 0 Å². The van der Waals surface area contributed by atoms with Crippen LogP contribution >= 0.6 is 0 Å². The smallest absolute Gasteiger partial charge is 0.0420 e. The lowest BCUT2D eigenvalue weighted by Crippen LogP contribution is -2.09. The molecule has 0 radical (unpaired) electrons.